The lowest BCUT2D eigenvalue weighted by molar-refractivity contribution is -0.115. The summed E-state index contributed by atoms with van der Waals surface area (Å²) in [6.07, 6.45) is 1.83. The average molecular weight is 216 g/mol. The van der Waals surface area contributed by atoms with E-state index < -0.39 is 0 Å². The number of hydrogen-bond donors (Lipinski definition) is 0. The zero-order valence-electron chi connectivity index (χ0n) is 9.69. The third-order valence-corrected chi connectivity index (χ3v) is 2.11. The second-order valence-corrected chi connectivity index (χ2v) is 3.42. The number of ketones is 1. The number of rotatable bonds is 5. The maximum atomic E-state index is 11.7. The molecule has 2 heteroatoms. The van der Waals surface area contributed by atoms with Crippen LogP contribution < -0.4 is 0 Å². The van der Waals surface area contributed by atoms with Crippen LogP contribution in [0.2, 0.25) is 0 Å². The van der Waals surface area contributed by atoms with Crippen molar-refractivity contribution in [1.82, 2.24) is 0 Å². The molecule has 0 aliphatic heterocycles. The SMILES string of the molecule is C=C(OCC)C(=O)/C(C)=C/c1ccccc1. The number of hydrogen-bond acceptors (Lipinski definition) is 2. The summed E-state index contributed by atoms with van der Waals surface area (Å²) < 4.78 is 5.08. The van der Waals surface area contributed by atoms with Gasteiger partial charge in [0.05, 0.1) is 6.61 Å². The highest BCUT2D eigenvalue weighted by Gasteiger charge is 2.09. The summed E-state index contributed by atoms with van der Waals surface area (Å²) in [7, 11) is 0. The lowest BCUT2D eigenvalue weighted by Gasteiger charge is -2.05. The van der Waals surface area contributed by atoms with Crippen molar-refractivity contribution < 1.29 is 9.53 Å². The summed E-state index contributed by atoms with van der Waals surface area (Å²) in [5.74, 6) is 0.0536. The number of benzene rings is 1. The van der Waals surface area contributed by atoms with Gasteiger partial charge in [0.1, 0.15) is 0 Å². The minimum atomic E-state index is -0.147. The van der Waals surface area contributed by atoms with Gasteiger partial charge in [-0.05, 0) is 25.5 Å². The van der Waals surface area contributed by atoms with E-state index in [2.05, 4.69) is 6.58 Å². The molecule has 0 aliphatic rings. The monoisotopic (exact) mass is 216 g/mol. The molecule has 0 heterocycles. The number of allylic oxidation sites excluding steroid dienone is 1. The predicted molar refractivity (Wildman–Crippen MR) is 65.9 cm³/mol. The summed E-state index contributed by atoms with van der Waals surface area (Å²) in [6.45, 7) is 7.65. The molecule has 0 aliphatic carbocycles. The Hall–Kier alpha value is -1.83. The molecule has 0 amide bonds. The van der Waals surface area contributed by atoms with Gasteiger partial charge < -0.3 is 4.74 Å². The molecule has 0 saturated heterocycles. The van der Waals surface area contributed by atoms with E-state index in [1.54, 1.807) is 6.92 Å². The minimum Gasteiger partial charge on any atom is -0.490 e. The lowest BCUT2D eigenvalue weighted by Crippen LogP contribution is -2.06. The first-order chi connectivity index (χ1) is 7.65. The third kappa shape index (κ3) is 3.39. The molecule has 0 N–H and O–H groups in total. The van der Waals surface area contributed by atoms with Gasteiger partial charge in [-0.3, -0.25) is 4.79 Å². The molecular weight excluding hydrogens is 200 g/mol. The molecule has 84 valence electrons. The second kappa shape index (κ2) is 5.91. The molecule has 0 fully saturated rings. The van der Waals surface area contributed by atoms with E-state index in [4.69, 9.17) is 4.74 Å². The third-order valence-electron chi connectivity index (χ3n) is 2.11. The van der Waals surface area contributed by atoms with Crippen LogP contribution >= 0.6 is 0 Å². The topological polar surface area (TPSA) is 26.3 Å². The Morgan fingerprint density at radius 1 is 1.38 bits per heavy atom. The van der Waals surface area contributed by atoms with E-state index in [0.29, 0.717) is 12.2 Å². The minimum absolute atomic E-state index is 0.147. The number of carbonyl (C=O) groups is 1. The molecule has 1 rings (SSSR count). The van der Waals surface area contributed by atoms with Crippen molar-refractivity contribution in [2.75, 3.05) is 6.61 Å². The Morgan fingerprint density at radius 2 is 2.00 bits per heavy atom. The highest BCUT2D eigenvalue weighted by molar-refractivity contribution is 6.08. The predicted octanol–water partition coefficient (Wildman–Crippen LogP) is 3.21. The first kappa shape index (κ1) is 12.2. The first-order valence-corrected chi connectivity index (χ1v) is 5.25. The maximum absolute atomic E-state index is 11.7. The van der Waals surface area contributed by atoms with Crippen LogP contribution in [0.4, 0.5) is 0 Å². The molecular formula is C14H16O2. The fourth-order valence-electron chi connectivity index (χ4n) is 1.32. The van der Waals surface area contributed by atoms with Crippen LogP contribution in [0.15, 0.2) is 48.2 Å². The molecule has 0 spiro atoms. The molecule has 0 saturated carbocycles. The van der Waals surface area contributed by atoms with Gasteiger partial charge >= 0.3 is 0 Å². The van der Waals surface area contributed by atoms with Gasteiger partial charge in [-0.1, -0.05) is 36.9 Å². The highest BCUT2D eigenvalue weighted by atomic mass is 16.5. The molecule has 16 heavy (non-hydrogen) atoms. The lowest BCUT2D eigenvalue weighted by atomic mass is 10.1. The molecule has 0 radical (unpaired) electrons. The van der Waals surface area contributed by atoms with Gasteiger partial charge in [-0.25, -0.2) is 0 Å². The molecule has 0 unspecified atom stereocenters. The molecule has 0 atom stereocenters. The molecule has 0 aromatic heterocycles. The van der Waals surface area contributed by atoms with Crippen LogP contribution in [0, 0.1) is 0 Å². The van der Waals surface area contributed by atoms with Crippen LogP contribution in [0.1, 0.15) is 19.4 Å². The van der Waals surface area contributed by atoms with Gasteiger partial charge in [-0.15, -0.1) is 0 Å². The van der Waals surface area contributed by atoms with Crippen molar-refractivity contribution in [2.24, 2.45) is 0 Å². The number of ether oxygens (including phenoxy) is 1. The van der Waals surface area contributed by atoms with Gasteiger partial charge in [0.2, 0.25) is 5.78 Å². The fraction of sp³-hybridized carbons (Fsp3) is 0.214. The zero-order valence-corrected chi connectivity index (χ0v) is 9.69. The normalized spacial score (nSPS) is 11.0. The van der Waals surface area contributed by atoms with Gasteiger partial charge in [0.15, 0.2) is 5.76 Å². The van der Waals surface area contributed by atoms with Gasteiger partial charge in [0.25, 0.3) is 0 Å². The van der Waals surface area contributed by atoms with E-state index in [-0.39, 0.29) is 11.5 Å². The number of Topliss-reactive ketones (excluding diaryl/α,β-unsaturated/α-hetero) is 1. The highest BCUT2D eigenvalue weighted by Crippen LogP contribution is 2.10. The summed E-state index contributed by atoms with van der Waals surface area (Å²) in [6, 6.07) is 9.69. The summed E-state index contributed by atoms with van der Waals surface area (Å²) in [5, 5.41) is 0. The summed E-state index contributed by atoms with van der Waals surface area (Å²) in [5.41, 5.74) is 1.63. The van der Waals surface area contributed by atoms with E-state index in [1.807, 2.05) is 43.3 Å². The van der Waals surface area contributed by atoms with E-state index >= 15 is 0 Å². The van der Waals surface area contributed by atoms with Crippen LogP contribution in [-0.4, -0.2) is 12.4 Å². The van der Waals surface area contributed by atoms with Crippen LogP contribution in [0.5, 0.6) is 0 Å². The quantitative estimate of drug-likeness (QED) is 0.558. The Bertz CT molecular complexity index is 402. The smallest absolute Gasteiger partial charge is 0.222 e. The Labute approximate surface area is 96.2 Å². The molecule has 1 aromatic rings. The van der Waals surface area contributed by atoms with Crippen molar-refractivity contribution in [2.45, 2.75) is 13.8 Å². The van der Waals surface area contributed by atoms with Crippen LogP contribution in [-0.2, 0) is 9.53 Å². The Balaban J connectivity index is 2.78. The van der Waals surface area contributed by atoms with Crippen molar-refractivity contribution >= 4 is 11.9 Å². The van der Waals surface area contributed by atoms with Crippen molar-refractivity contribution in [3.05, 3.63) is 53.8 Å². The second-order valence-electron chi connectivity index (χ2n) is 3.42. The van der Waals surface area contributed by atoms with Crippen molar-refractivity contribution in [3.8, 4) is 0 Å². The fourth-order valence-corrected chi connectivity index (χ4v) is 1.32. The van der Waals surface area contributed by atoms with E-state index in [9.17, 15) is 4.79 Å². The standard InChI is InChI=1S/C14H16O2/c1-4-16-12(3)14(15)11(2)10-13-8-6-5-7-9-13/h5-10H,3-4H2,1-2H3/b11-10+. The van der Waals surface area contributed by atoms with Crippen molar-refractivity contribution in [1.29, 1.82) is 0 Å². The maximum Gasteiger partial charge on any atom is 0.222 e. The molecule has 0 bridgehead atoms. The van der Waals surface area contributed by atoms with E-state index in [1.165, 1.54) is 0 Å². The molecule has 1 aromatic carbocycles. The van der Waals surface area contributed by atoms with Crippen molar-refractivity contribution in [3.63, 3.8) is 0 Å². The van der Waals surface area contributed by atoms with Gasteiger partial charge in [0, 0.05) is 5.57 Å². The Morgan fingerprint density at radius 3 is 2.56 bits per heavy atom. The van der Waals surface area contributed by atoms with Crippen LogP contribution in [0.25, 0.3) is 6.08 Å². The van der Waals surface area contributed by atoms with Crippen LogP contribution in [0.3, 0.4) is 0 Å². The summed E-state index contributed by atoms with van der Waals surface area (Å²) >= 11 is 0. The summed E-state index contributed by atoms with van der Waals surface area (Å²) in [4.78, 5) is 11.7. The van der Waals surface area contributed by atoms with E-state index in [0.717, 1.165) is 5.56 Å². The Kier molecular flexibility index (Phi) is 4.52. The largest absolute Gasteiger partial charge is 0.490 e. The first-order valence-electron chi connectivity index (χ1n) is 5.25. The zero-order chi connectivity index (χ0) is 12.0. The molecule has 2 nitrogen and oxygen atoms in total. The van der Waals surface area contributed by atoms with Gasteiger partial charge in [-0.2, -0.15) is 0 Å². The average Bonchev–Trinajstić information content (AvgIpc) is 2.29. The number of carbonyl (C=O) groups excluding carboxylic acids is 1.